The molecule has 0 N–H and O–H groups in total. The van der Waals surface area contributed by atoms with Crippen LogP contribution in [0.2, 0.25) is 0 Å². The summed E-state index contributed by atoms with van der Waals surface area (Å²) in [4.78, 5) is 11.7. The highest BCUT2D eigenvalue weighted by Crippen LogP contribution is 2.27. The number of amides is 1. The fourth-order valence-corrected chi connectivity index (χ4v) is 2.33. The van der Waals surface area contributed by atoms with Gasteiger partial charge in [-0.05, 0) is 18.6 Å². The number of nitrogens with zero attached hydrogens (tertiary/aromatic N) is 1. The molecule has 9 heteroatoms. The van der Waals surface area contributed by atoms with Gasteiger partial charge in [-0.15, -0.1) is 0 Å². The minimum atomic E-state index is -4.37. The molecule has 5 nitrogen and oxygen atoms in total. The molecule has 0 aliphatic rings. The predicted octanol–water partition coefficient (Wildman–Crippen LogP) is 2.14. The molecule has 1 rings (SSSR count). The quantitative estimate of drug-likeness (QED) is 0.587. The Hall–Kier alpha value is -1.41. The van der Waals surface area contributed by atoms with Crippen LogP contribution in [-0.2, 0) is 13.8 Å². The topological polar surface area (TPSA) is 63.7 Å². The smallest absolute Gasteiger partial charge is 0.264 e. The molecular weight excluding hydrogens is 328 g/mol. The van der Waals surface area contributed by atoms with Gasteiger partial charge in [-0.3, -0.25) is 4.79 Å². The molecule has 0 radical (unpaired) electrons. The lowest BCUT2D eigenvalue weighted by molar-refractivity contribution is -0.128. The lowest BCUT2D eigenvalue weighted by atomic mass is 10.3. The van der Waals surface area contributed by atoms with Crippen molar-refractivity contribution < 1.29 is 26.7 Å². The van der Waals surface area contributed by atoms with Crippen molar-refractivity contribution in [2.45, 2.75) is 17.7 Å². The van der Waals surface area contributed by atoms with E-state index in [1.54, 1.807) is 14.1 Å². The molecule has 0 bridgehead atoms. The molecule has 0 saturated carbocycles. The Bertz CT molecular complexity index is 634. The molecule has 0 heterocycles. The van der Waals surface area contributed by atoms with E-state index in [0.29, 0.717) is 6.42 Å². The van der Waals surface area contributed by atoms with Crippen LogP contribution in [0.3, 0.4) is 0 Å². The predicted molar refractivity (Wildman–Crippen MR) is 72.8 cm³/mol. The van der Waals surface area contributed by atoms with Crippen LogP contribution in [0.5, 0.6) is 5.75 Å². The van der Waals surface area contributed by atoms with Gasteiger partial charge in [0, 0.05) is 31.2 Å². The van der Waals surface area contributed by atoms with E-state index >= 15 is 0 Å². The third kappa shape index (κ3) is 4.82. The van der Waals surface area contributed by atoms with E-state index in [-0.39, 0.29) is 18.9 Å². The maximum absolute atomic E-state index is 13.6. The average molecular weight is 342 g/mol. The van der Waals surface area contributed by atoms with Crippen molar-refractivity contribution in [2.24, 2.45) is 0 Å². The number of halogens is 3. The van der Waals surface area contributed by atoms with Gasteiger partial charge in [0.05, 0.1) is 6.61 Å². The van der Waals surface area contributed by atoms with Gasteiger partial charge in [0.2, 0.25) is 11.7 Å². The Kier molecular flexibility index (Phi) is 5.91. The van der Waals surface area contributed by atoms with Crippen molar-refractivity contribution in [1.82, 2.24) is 4.90 Å². The number of hydrogen-bond acceptors (Lipinski definition) is 4. The summed E-state index contributed by atoms with van der Waals surface area (Å²) in [5.74, 6) is -3.58. The number of ether oxygens (including phenoxy) is 1. The first-order valence-electron chi connectivity index (χ1n) is 5.90. The van der Waals surface area contributed by atoms with Crippen molar-refractivity contribution in [3.05, 3.63) is 23.8 Å². The summed E-state index contributed by atoms with van der Waals surface area (Å²) in [5, 5.41) is 0. The maximum atomic E-state index is 13.6. The van der Waals surface area contributed by atoms with Gasteiger partial charge in [-0.25, -0.2) is 12.8 Å². The molecule has 118 valence electrons. The van der Waals surface area contributed by atoms with Gasteiger partial charge in [0.15, 0.2) is 11.6 Å². The summed E-state index contributed by atoms with van der Waals surface area (Å²) >= 11 is 0. The largest absolute Gasteiger partial charge is 0.490 e. The number of hydrogen-bond donors (Lipinski definition) is 0. The Morgan fingerprint density at radius 2 is 1.90 bits per heavy atom. The van der Waals surface area contributed by atoms with Crippen LogP contribution in [-0.4, -0.2) is 39.9 Å². The standard InChI is InChI=1S/C12H14ClF2NO4S/c1-16(2)10(17)4-3-7-20-8-5-6-9(21(13,18)19)12(15)11(8)14/h5-6H,3-4,7H2,1-2H3. The van der Waals surface area contributed by atoms with Gasteiger partial charge in [-0.1, -0.05) is 0 Å². The molecule has 0 aromatic heterocycles. The van der Waals surface area contributed by atoms with E-state index in [4.69, 9.17) is 15.4 Å². The fraction of sp³-hybridized carbons (Fsp3) is 0.417. The Morgan fingerprint density at radius 1 is 1.29 bits per heavy atom. The molecule has 0 atom stereocenters. The van der Waals surface area contributed by atoms with Crippen molar-refractivity contribution in [3.63, 3.8) is 0 Å². The minimum Gasteiger partial charge on any atom is -0.490 e. The molecule has 0 aliphatic carbocycles. The van der Waals surface area contributed by atoms with Crippen LogP contribution < -0.4 is 4.74 Å². The van der Waals surface area contributed by atoms with Crippen LogP contribution in [0.15, 0.2) is 17.0 Å². The molecule has 21 heavy (non-hydrogen) atoms. The Morgan fingerprint density at radius 3 is 2.43 bits per heavy atom. The second kappa shape index (κ2) is 7.04. The summed E-state index contributed by atoms with van der Waals surface area (Å²) in [6.45, 7) is -0.0110. The highest BCUT2D eigenvalue weighted by atomic mass is 35.7. The number of benzene rings is 1. The number of carbonyl (C=O) groups is 1. The third-order valence-electron chi connectivity index (χ3n) is 2.57. The molecule has 1 aromatic rings. The second-order valence-corrected chi connectivity index (χ2v) is 6.90. The molecular formula is C12H14ClF2NO4S. The van der Waals surface area contributed by atoms with Gasteiger partial charge < -0.3 is 9.64 Å². The van der Waals surface area contributed by atoms with Gasteiger partial charge >= 0.3 is 0 Å². The first-order valence-corrected chi connectivity index (χ1v) is 8.21. The zero-order valence-electron chi connectivity index (χ0n) is 11.4. The zero-order valence-corrected chi connectivity index (χ0v) is 13.0. The Balaban J connectivity index is 2.70. The van der Waals surface area contributed by atoms with Crippen molar-refractivity contribution in [3.8, 4) is 5.75 Å². The molecule has 0 fully saturated rings. The summed E-state index contributed by atoms with van der Waals surface area (Å²) < 4.78 is 54.1. The highest BCUT2D eigenvalue weighted by Gasteiger charge is 2.22. The van der Waals surface area contributed by atoms with Crippen molar-refractivity contribution >= 4 is 25.6 Å². The average Bonchev–Trinajstić information content (AvgIpc) is 2.37. The number of rotatable bonds is 6. The lowest BCUT2D eigenvalue weighted by Gasteiger charge is -2.11. The van der Waals surface area contributed by atoms with E-state index in [9.17, 15) is 22.0 Å². The summed E-state index contributed by atoms with van der Waals surface area (Å²) in [5.41, 5.74) is 0. The van der Waals surface area contributed by atoms with Crippen molar-refractivity contribution in [2.75, 3.05) is 20.7 Å². The molecule has 0 saturated heterocycles. The van der Waals surface area contributed by atoms with Crippen LogP contribution in [0.4, 0.5) is 8.78 Å². The van der Waals surface area contributed by atoms with Crippen LogP contribution >= 0.6 is 10.7 Å². The lowest BCUT2D eigenvalue weighted by Crippen LogP contribution is -2.21. The van der Waals surface area contributed by atoms with Crippen LogP contribution in [0.1, 0.15) is 12.8 Å². The van der Waals surface area contributed by atoms with Gasteiger partial charge in [0.1, 0.15) is 4.90 Å². The van der Waals surface area contributed by atoms with Gasteiger partial charge in [-0.2, -0.15) is 4.39 Å². The summed E-state index contributed by atoms with van der Waals surface area (Å²) in [6, 6.07) is 1.79. The summed E-state index contributed by atoms with van der Waals surface area (Å²) in [7, 11) is 3.80. The zero-order chi connectivity index (χ0) is 16.2. The van der Waals surface area contributed by atoms with E-state index in [1.807, 2.05) is 0 Å². The monoisotopic (exact) mass is 341 g/mol. The SMILES string of the molecule is CN(C)C(=O)CCCOc1ccc(S(=O)(=O)Cl)c(F)c1F. The highest BCUT2D eigenvalue weighted by molar-refractivity contribution is 8.13. The fourth-order valence-electron chi connectivity index (χ4n) is 1.44. The molecule has 1 aromatic carbocycles. The van der Waals surface area contributed by atoms with Crippen LogP contribution in [0.25, 0.3) is 0 Å². The van der Waals surface area contributed by atoms with Crippen molar-refractivity contribution in [1.29, 1.82) is 0 Å². The van der Waals surface area contributed by atoms with Crippen LogP contribution in [0, 0.1) is 11.6 Å². The van der Waals surface area contributed by atoms with E-state index in [0.717, 1.165) is 12.1 Å². The third-order valence-corrected chi connectivity index (χ3v) is 3.90. The Labute approximate surface area is 125 Å². The normalized spacial score (nSPS) is 11.3. The second-order valence-electron chi connectivity index (χ2n) is 4.37. The first-order chi connectivity index (χ1) is 9.64. The van der Waals surface area contributed by atoms with E-state index in [2.05, 4.69) is 0 Å². The van der Waals surface area contributed by atoms with Gasteiger partial charge in [0.25, 0.3) is 9.05 Å². The van der Waals surface area contributed by atoms with E-state index < -0.39 is 31.3 Å². The minimum absolute atomic E-state index is 0.0110. The van der Waals surface area contributed by atoms with E-state index in [1.165, 1.54) is 4.90 Å². The molecule has 0 aliphatic heterocycles. The number of carbonyl (C=O) groups excluding carboxylic acids is 1. The molecule has 0 spiro atoms. The molecule has 1 amide bonds. The maximum Gasteiger partial charge on any atom is 0.264 e. The first kappa shape index (κ1) is 17.6. The summed E-state index contributed by atoms with van der Waals surface area (Å²) in [6.07, 6.45) is 0.513. The molecule has 0 unspecified atom stereocenters.